The molecular weight excluding hydrogens is 216 g/mol. The van der Waals surface area contributed by atoms with Gasteiger partial charge in [-0.25, -0.2) is 4.79 Å². The molecule has 0 bridgehead atoms. The molecule has 1 rings (SSSR count). The minimum atomic E-state index is -1.01. The van der Waals surface area contributed by atoms with Crippen molar-refractivity contribution in [3.05, 3.63) is 23.8 Å². The third kappa shape index (κ3) is 3.37. The van der Waals surface area contributed by atoms with Gasteiger partial charge in [0.05, 0.1) is 5.56 Å². The number of carbonyl (C=O) groups is 1. The average Bonchev–Trinajstić information content (AvgIpc) is 2.19. The van der Waals surface area contributed by atoms with Gasteiger partial charge in [-0.3, -0.25) is 0 Å². The number of carboxylic acid groups (broad SMARTS) is 1. The Kier molecular flexibility index (Phi) is 3.66. The number of rotatable bonds is 3. The van der Waals surface area contributed by atoms with E-state index in [9.17, 15) is 4.79 Å². The zero-order valence-corrected chi connectivity index (χ0v) is 10.7. The summed E-state index contributed by atoms with van der Waals surface area (Å²) >= 11 is 0. The maximum atomic E-state index is 10.9. The standard InChI is InChI=1S/C13H20N2O2/c1-8(13(2,3)4)15-9-5-6-11(14)10(7-9)12(16)17/h5-8,15H,14H2,1-4H3,(H,16,17). The molecule has 1 aromatic carbocycles. The molecule has 0 aromatic heterocycles. The maximum absolute atomic E-state index is 10.9. The number of hydrogen-bond donors (Lipinski definition) is 3. The van der Waals surface area contributed by atoms with Crippen LogP contribution in [-0.4, -0.2) is 17.1 Å². The third-order valence-electron chi connectivity index (χ3n) is 2.97. The number of aromatic carboxylic acids is 1. The third-order valence-corrected chi connectivity index (χ3v) is 2.97. The van der Waals surface area contributed by atoms with Gasteiger partial charge in [0.15, 0.2) is 0 Å². The molecule has 0 aliphatic heterocycles. The van der Waals surface area contributed by atoms with Crippen molar-refractivity contribution in [2.75, 3.05) is 11.1 Å². The predicted octanol–water partition coefficient (Wildman–Crippen LogP) is 2.81. The predicted molar refractivity (Wildman–Crippen MR) is 70.4 cm³/mol. The van der Waals surface area contributed by atoms with Crippen molar-refractivity contribution < 1.29 is 9.90 Å². The summed E-state index contributed by atoms with van der Waals surface area (Å²) in [5, 5.41) is 12.3. The Balaban J connectivity index is 2.94. The highest BCUT2D eigenvalue weighted by Crippen LogP contribution is 2.24. The number of nitrogen functional groups attached to an aromatic ring is 1. The lowest BCUT2D eigenvalue weighted by molar-refractivity contribution is 0.0698. The van der Waals surface area contributed by atoms with E-state index in [1.54, 1.807) is 18.2 Å². The molecule has 0 amide bonds. The minimum Gasteiger partial charge on any atom is -0.478 e. The van der Waals surface area contributed by atoms with Gasteiger partial charge in [-0.2, -0.15) is 0 Å². The number of carboxylic acids is 1. The highest BCUT2D eigenvalue weighted by molar-refractivity contribution is 5.94. The number of benzene rings is 1. The SMILES string of the molecule is CC(Nc1ccc(N)c(C(=O)O)c1)C(C)(C)C. The molecule has 0 radical (unpaired) electrons. The molecule has 17 heavy (non-hydrogen) atoms. The highest BCUT2D eigenvalue weighted by atomic mass is 16.4. The van der Waals surface area contributed by atoms with Gasteiger partial charge in [-0.1, -0.05) is 20.8 Å². The van der Waals surface area contributed by atoms with Crippen LogP contribution in [0.1, 0.15) is 38.1 Å². The van der Waals surface area contributed by atoms with E-state index in [4.69, 9.17) is 10.8 Å². The zero-order valence-electron chi connectivity index (χ0n) is 10.7. The fourth-order valence-corrected chi connectivity index (χ4v) is 1.30. The lowest BCUT2D eigenvalue weighted by atomic mass is 9.88. The molecule has 0 aliphatic rings. The van der Waals surface area contributed by atoms with Crippen molar-refractivity contribution in [2.45, 2.75) is 33.7 Å². The van der Waals surface area contributed by atoms with Crippen molar-refractivity contribution in [1.29, 1.82) is 0 Å². The Morgan fingerprint density at radius 1 is 1.41 bits per heavy atom. The molecule has 0 spiro atoms. The van der Waals surface area contributed by atoms with E-state index in [2.05, 4.69) is 33.0 Å². The Morgan fingerprint density at radius 2 is 2.00 bits per heavy atom. The molecular formula is C13H20N2O2. The van der Waals surface area contributed by atoms with Crippen LogP contribution in [0.3, 0.4) is 0 Å². The van der Waals surface area contributed by atoms with E-state index in [0.29, 0.717) is 0 Å². The first kappa shape index (κ1) is 13.4. The van der Waals surface area contributed by atoms with Gasteiger partial charge in [0.2, 0.25) is 0 Å². The van der Waals surface area contributed by atoms with Gasteiger partial charge in [-0.05, 0) is 30.5 Å². The van der Waals surface area contributed by atoms with E-state index >= 15 is 0 Å². The molecule has 0 saturated carbocycles. The van der Waals surface area contributed by atoms with Crippen LogP contribution >= 0.6 is 0 Å². The van der Waals surface area contributed by atoms with Gasteiger partial charge in [-0.15, -0.1) is 0 Å². The van der Waals surface area contributed by atoms with Gasteiger partial charge < -0.3 is 16.2 Å². The van der Waals surface area contributed by atoms with E-state index in [0.717, 1.165) is 5.69 Å². The monoisotopic (exact) mass is 236 g/mol. The van der Waals surface area contributed by atoms with Crippen molar-refractivity contribution in [3.8, 4) is 0 Å². The summed E-state index contributed by atoms with van der Waals surface area (Å²) in [6.07, 6.45) is 0. The van der Waals surface area contributed by atoms with Crippen LogP contribution in [0.5, 0.6) is 0 Å². The van der Waals surface area contributed by atoms with Crippen molar-refractivity contribution >= 4 is 17.3 Å². The van der Waals surface area contributed by atoms with E-state index in [1.165, 1.54) is 0 Å². The van der Waals surface area contributed by atoms with Gasteiger partial charge in [0, 0.05) is 17.4 Å². The quantitative estimate of drug-likeness (QED) is 0.705. The van der Waals surface area contributed by atoms with Crippen LogP contribution < -0.4 is 11.1 Å². The van der Waals surface area contributed by atoms with Crippen molar-refractivity contribution in [1.82, 2.24) is 0 Å². The normalized spacial score (nSPS) is 13.2. The summed E-state index contributed by atoms with van der Waals surface area (Å²) in [6.45, 7) is 8.44. The summed E-state index contributed by atoms with van der Waals surface area (Å²) < 4.78 is 0. The smallest absolute Gasteiger partial charge is 0.337 e. The summed E-state index contributed by atoms with van der Waals surface area (Å²) in [6, 6.07) is 5.21. The fourth-order valence-electron chi connectivity index (χ4n) is 1.30. The minimum absolute atomic E-state index is 0.102. The number of nitrogens with two attached hydrogens (primary N) is 1. The summed E-state index contributed by atoms with van der Waals surface area (Å²) in [5.74, 6) is -1.01. The van der Waals surface area contributed by atoms with Crippen LogP contribution in [0.2, 0.25) is 0 Å². The first-order chi connectivity index (χ1) is 7.71. The molecule has 0 heterocycles. The molecule has 4 nitrogen and oxygen atoms in total. The Bertz CT molecular complexity index is 422. The molecule has 94 valence electrons. The topological polar surface area (TPSA) is 75.3 Å². The zero-order chi connectivity index (χ0) is 13.2. The molecule has 4 heteroatoms. The number of hydrogen-bond acceptors (Lipinski definition) is 3. The number of nitrogens with one attached hydrogen (secondary N) is 1. The fraction of sp³-hybridized carbons (Fsp3) is 0.462. The first-order valence-electron chi connectivity index (χ1n) is 5.61. The van der Waals surface area contributed by atoms with Crippen LogP contribution in [0, 0.1) is 5.41 Å². The molecule has 1 aromatic rings. The summed E-state index contributed by atoms with van der Waals surface area (Å²) in [4.78, 5) is 10.9. The summed E-state index contributed by atoms with van der Waals surface area (Å²) in [7, 11) is 0. The second-order valence-corrected chi connectivity index (χ2v) is 5.34. The van der Waals surface area contributed by atoms with E-state index in [1.807, 2.05) is 0 Å². The van der Waals surface area contributed by atoms with E-state index in [-0.39, 0.29) is 22.7 Å². The Morgan fingerprint density at radius 3 is 2.47 bits per heavy atom. The second-order valence-electron chi connectivity index (χ2n) is 5.34. The Labute approximate surface area is 102 Å². The van der Waals surface area contributed by atoms with Crippen molar-refractivity contribution in [2.24, 2.45) is 5.41 Å². The van der Waals surface area contributed by atoms with Gasteiger partial charge in [0.1, 0.15) is 0 Å². The Hall–Kier alpha value is -1.71. The van der Waals surface area contributed by atoms with Crippen molar-refractivity contribution in [3.63, 3.8) is 0 Å². The average molecular weight is 236 g/mol. The molecule has 4 N–H and O–H groups in total. The van der Waals surface area contributed by atoms with Crippen LogP contribution in [0.15, 0.2) is 18.2 Å². The first-order valence-corrected chi connectivity index (χ1v) is 5.61. The molecule has 0 saturated heterocycles. The van der Waals surface area contributed by atoms with Crippen LogP contribution in [-0.2, 0) is 0 Å². The molecule has 0 aliphatic carbocycles. The number of anilines is 2. The lowest BCUT2D eigenvalue weighted by Gasteiger charge is -2.29. The maximum Gasteiger partial charge on any atom is 0.337 e. The lowest BCUT2D eigenvalue weighted by Crippen LogP contribution is -2.30. The second kappa shape index (κ2) is 4.65. The van der Waals surface area contributed by atoms with Crippen LogP contribution in [0.4, 0.5) is 11.4 Å². The molecule has 1 unspecified atom stereocenters. The largest absolute Gasteiger partial charge is 0.478 e. The van der Waals surface area contributed by atoms with Crippen LogP contribution in [0.25, 0.3) is 0 Å². The van der Waals surface area contributed by atoms with Gasteiger partial charge >= 0.3 is 5.97 Å². The van der Waals surface area contributed by atoms with Gasteiger partial charge in [0.25, 0.3) is 0 Å². The van der Waals surface area contributed by atoms with E-state index < -0.39 is 5.97 Å². The highest BCUT2D eigenvalue weighted by Gasteiger charge is 2.20. The summed E-state index contributed by atoms with van der Waals surface area (Å²) in [5.41, 5.74) is 6.90. The molecule has 0 fully saturated rings. The molecule has 1 atom stereocenters.